The first-order chi connectivity index (χ1) is 9.94. The molecule has 0 aliphatic rings. The van der Waals surface area contributed by atoms with Gasteiger partial charge in [0.1, 0.15) is 0 Å². The van der Waals surface area contributed by atoms with Crippen molar-refractivity contribution in [3.05, 3.63) is 17.7 Å². The minimum atomic E-state index is -0.788. The molecule has 0 aromatic carbocycles. The zero-order valence-electron chi connectivity index (χ0n) is 12.9. The summed E-state index contributed by atoms with van der Waals surface area (Å²) in [6.07, 6.45) is 0. The van der Waals surface area contributed by atoms with E-state index in [0.29, 0.717) is 19.6 Å². The van der Waals surface area contributed by atoms with Gasteiger partial charge < -0.3 is 15.1 Å². The smallest absolute Gasteiger partial charge is 0.242 e. The van der Waals surface area contributed by atoms with Crippen LogP contribution in [-0.2, 0) is 4.79 Å². The van der Waals surface area contributed by atoms with E-state index in [1.54, 1.807) is 18.9 Å². The minimum Gasteiger partial charge on any atom is -0.368 e. The van der Waals surface area contributed by atoms with Gasteiger partial charge in [0.15, 0.2) is 23.3 Å². The van der Waals surface area contributed by atoms with Crippen molar-refractivity contribution in [2.24, 2.45) is 0 Å². The second-order valence-electron chi connectivity index (χ2n) is 4.58. The first-order valence-corrected chi connectivity index (χ1v) is 7.03. The number of carbonyl (C=O) groups is 1. The summed E-state index contributed by atoms with van der Waals surface area (Å²) in [5.74, 6) is -1.73. The molecule has 0 saturated carbocycles. The molecule has 0 radical (unpaired) electrons. The van der Waals surface area contributed by atoms with Crippen molar-refractivity contribution >= 4 is 17.5 Å². The molecule has 0 spiro atoms. The summed E-state index contributed by atoms with van der Waals surface area (Å²) in [5.41, 5.74) is 0. The Bertz CT molecular complexity index is 492. The average Bonchev–Trinajstić information content (AvgIpc) is 2.43. The van der Waals surface area contributed by atoms with E-state index in [1.807, 2.05) is 13.8 Å². The highest BCUT2D eigenvalue weighted by Crippen LogP contribution is 2.21. The van der Waals surface area contributed by atoms with E-state index in [0.717, 1.165) is 6.07 Å². The predicted octanol–water partition coefficient (Wildman–Crippen LogP) is 2.10. The fourth-order valence-electron chi connectivity index (χ4n) is 1.97. The Kier molecular flexibility index (Phi) is 6.33. The largest absolute Gasteiger partial charge is 0.368 e. The fraction of sp³-hybridized carbons (Fsp3) is 0.571. The van der Waals surface area contributed by atoms with Gasteiger partial charge in [-0.2, -0.15) is 0 Å². The fourth-order valence-corrected chi connectivity index (χ4v) is 1.97. The van der Waals surface area contributed by atoms with Crippen molar-refractivity contribution in [3.8, 4) is 0 Å². The summed E-state index contributed by atoms with van der Waals surface area (Å²) in [6, 6.07) is 0.777. The second kappa shape index (κ2) is 7.75. The molecule has 1 N–H and O–H groups in total. The Hall–Kier alpha value is -1.92. The molecular weight excluding hydrogens is 278 g/mol. The van der Waals surface area contributed by atoms with Gasteiger partial charge in [0.2, 0.25) is 5.91 Å². The molecule has 0 atom stereocenters. The molecule has 5 nitrogen and oxygen atoms in total. The lowest BCUT2D eigenvalue weighted by Gasteiger charge is -2.24. The second-order valence-corrected chi connectivity index (χ2v) is 4.58. The maximum atomic E-state index is 13.8. The molecule has 1 heterocycles. The third-order valence-electron chi connectivity index (χ3n) is 3.11. The maximum Gasteiger partial charge on any atom is 0.242 e. The molecule has 1 aromatic rings. The van der Waals surface area contributed by atoms with Gasteiger partial charge in [0, 0.05) is 32.7 Å². The van der Waals surface area contributed by atoms with Crippen LogP contribution in [0.5, 0.6) is 0 Å². The van der Waals surface area contributed by atoms with Crippen LogP contribution in [0.15, 0.2) is 6.07 Å². The van der Waals surface area contributed by atoms with Gasteiger partial charge in [-0.25, -0.2) is 13.8 Å². The molecule has 118 valence electrons. The minimum absolute atomic E-state index is 0.0111. The van der Waals surface area contributed by atoms with Crippen LogP contribution in [0, 0.1) is 11.6 Å². The Morgan fingerprint density at radius 1 is 1.24 bits per heavy atom. The van der Waals surface area contributed by atoms with Gasteiger partial charge in [0.25, 0.3) is 0 Å². The molecule has 0 bridgehead atoms. The zero-order chi connectivity index (χ0) is 16.0. The van der Waals surface area contributed by atoms with Crippen LogP contribution in [0.2, 0.25) is 0 Å². The predicted molar refractivity (Wildman–Crippen MR) is 79.5 cm³/mol. The van der Waals surface area contributed by atoms with E-state index < -0.39 is 11.6 Å². The van der Waals surface area contributed by atoms with Crippen LogP contribution in [0.1, 0.15) is 20.8 Å². The van der Waals surface area contributed by atoms with Gasteiger partial charge in [-0.3, -0.25) is 4.79 Å². The Balaban J connectivity index is 2.93. The summed E-state index contributed by atoms with van der Waals surface area (Å²) >= 11 is 0. The number of rotatable bonds is 7. The first kappa shape index (κ1) is 17.1. The third-order valence-corrected chi connectivity index (χ3v) is 3.11. The zero-order valence-corrected chi connectivity index (χ0v) is 12.9. The van der Waals surface area contributed by atoms with Crippen molar-refractivity contribution in [1.29, 1.82) is 0 Å². The summed E-state index contributed by atoms with van der Waals surface area (Å²) < 4.78 is 27.4. The molecule has 21 heavy (non-hydrogen) atoms. The number of nitrogens with one attached hydrogen (secondary N) is 1. The molecule has 0 aliphatic carbocycles. The number of pyridine rings is 1. The summed E-state index contributed by atoms with van der Waals surface area (Å²) in [5, 5.41) is 2.72. The quantitative estimate of drug-likeness (QED) is 0.838. The maximum absolute atomic E-state index is 13.8. The van der Waals surface area contributed by atoms with Crippen LogP contribution in [0.25, 0.3) is 0 Å². The van der Waals surface area contributed by atoms with Crippen LogP contribution >= 0.6 is 0 Å². The highest BCUT2D eigenvalue weighted by Gasteiger charge is 2.18. The number of aromatic nitrogens is 1. The standard InChI is InChI=1S/C14H22F2N4O/c1-5-17-13-10(15)8-11(16)14(18-13)19(4)9-12(21)20(6-2)7-3/h8H,5-7,9H2,1-4H3,(H,17,18). The van der Waals surface area contributed by atoms with Gasteiger partial charge >= 0.3 is 0 Å². The Morgan fingerprint density at radius 2 is 1.86 bits per heavy atom. The van der Waals surface area contributed by atoms with E-state index >= 15 is 0 Å². The number of hydrogen-bond acceptors (Lipinski definition) is 4. The molecule has 1 amide bonds. The van der Waals surface area contributed by atoms with Gasteiger partial charge in [0.05, 0.1) is 6.54 Å². The lowest BCUT2D eigenvalue weighted by atomic mass is 10.3. The third kappa shape index (κ3) is 4.27. The summed E-state index contributed by atoms with van der Waals surface area (Å²) in [7, 11) is 1.56. The normalized spacial score (nSPS) is 10.4. The van der Waals surface area contributed by atoms with Gasteiger partial charge in [-0.15, -0.1) is 0 Å². The van der Waals surface area contributed by atoms with Gasteiger partial charge in [-0.05, 0) is 20.8 Å². The number of carbonyl (C=O) groups excluding carboxylic acids is 1. The van der Waals surface area contributed by atoms with E-state index in [1.165, 1.54) is 4.90 Å². The lowest BCUT2D eigenvalue weighted by molar-refractivity contribution is -0.129. The molecule has 7 heteroatoms. The van der Waals surface area contributed by atoms with E-state index in [-0.39, 0.29) is 24.1 Å². The highest BCUT2D eigenvalue weighted by molar-refractivity contribution is 5.81. The molecule has 0 fully saturated rings. The number of hydrogen-bond donors (Lipinski definition) is 1. The van der Waals surface area contributed by atoms with Crippen LogP contribution in [-0.4, -0.2) is 49.0 Å². The number of amides is 1. The van der Waals surface area contributed by atoms with Crippen molar-refractivity contribution in [3.63, 3.8) is 0 Å². The van der Waals surface area contributed by atoms with Crippen molar-refractivity contribution < 1.29 is 13.6 Å². The number of likely N-dealkylation sites (N-methyl/N-ethyl adjacent to an activating group) is 2. The Morgan fingerprint density at radius 3 is 2.38 bits per heavy atom. The van der Waals surface area contributed by atoms with Crippen LogP contribution in [0.4, 0.5) is 20.4 Å². The summed E-state index contributed by atoms with van der Waals surface area (Å²) in [6.45, 7) is 7.18. The first-order valence-electron chi connectivity index (χ1n) is 7.03. The molecule has 1 rings (SSSR count). The van der Waals surface area contributed by atoms with Crippen molar-refractivity contribution in [2.45, 2.75) is 20.8 Å². The van der Waals surface area contributed by atoms with Crippen molar-refractivity contribution in [1.82, 2.24) is 9.88 Å². The van der Waals surface area contributed by atoms with Gasteiger partial charge in [-0.1, -0.05) is 0 Å². The molecule has 0 saturated heterocycles. The monoisotopic (exact) mass is 300 g/mol. The SMILES string of the molecule is CCNc1nc(N(C)CC(=O)N(CC)CC)c(F)cc1F. The average molecular weight is 300 g/mol. The van der Waals surface area contributed by atoms with E-state index in [9.17, 15) is 13.6 Å². The number of halogens is 2. The van der Waals surface area contributed by atoms with Crippen LogP contribution < -0.4 is 10.2 Å². The van der Waals surface area contributed by atoms with E-state index in [4.69, 9.17) is 0 Å². The summed E-state index contributed by atoms with van der Waals surface area (Å²) in [4.78, 5) is 19.0. The number of nitrogens with zero attached hydrogens (tertiary/aromatic N) is 3. The Labute approximate surface area is 123 Å². The molecular formula is C14H22F2N4O. The molecule has 0 unspecified atom stereocenters. The van der Waals surface area contributed by atoms with Crippen molar-refractivity contribution in [2.75, 3.05) is 43.4 Å². The molecule has 1 aromatic heterocycles. The number of anilines is 2. The lowest BCUT2D eigenvalue weighted by Crippen LogP contribution is -2.39. The topological polar surface area (TPSA) is 48.5 Å². The van der Waals surface area contributed by atoms with Crippen LogP contribution in [0.3, 0.4) is 0 Å². The highest BCUT2D eigenvalue weighted by atomic mass is 19.1. The van der Waals surface area contributed by atoms with E-state index in [2.05, 4.69) is 10.3 Å². The molecule has 0 aliphatic heterocycles.